The van der Waals surface area contributed by atoms with E-state index in [1.165, 1.54) is 18.4 Å². The van der Waals surface area contributed by atoms with Gasteiger partial charge in [-0.05, 0) is 25.5 Å². The van der Waals surface area contributed by atoms with Crippen LogP contribution >= 0.6 is 11.8 Å². The van der Waals surface area contributed by atoms with Crippen LogP contribution in [-0.2, 0) is 0 Å². The quantitative estimate of drug-likeness (QED) is 0.736. The number of anilines is 1. The molecule has 0 aromatic carbocycles. The Balaban J connectivity index is 1.91. The third kappa shape index (κ3) is 2.32. The largest absolute Gasteiger partial charge is 0.383 e. The van der Waals surface area contributed by atoms with Gasteiger partial charge < -0.3 is 11.1 Å². The predicted molar refractivity (Wildman–Crippen MR) is 65.4 cm³/mol. The topological polar surface area (TPSA) is 83.8 Å². The van der Waals surface area contributed by atoms with Crippen LogP contribution in [0.2, 0.25) is 0 Å². The molecule has 1 aromatic heterocycles. The lowest BCUT2D eigenvalue weighted by atomic mass is 10.1. The minimum Gasteiger partial charge on any atom is -0.383 e. The average Bonchev–Trinajstić information content (AvgIpc) is 2.85. The Hall–Kier alpha value is -1.17. The third-order valence-electron chi connectivity index (χ3n) is 2.84. The predicted octanol–water partition coefficient (Wildman–Crippen LogP) is 1.01. The van der Waals surface area contributed by atoms with Crippen molar-refractivity contribution in [1.82, 2.24) is 15.5 Å². The number of nitrogens with one attached hydrogen (secondary N) is 2. The van der Waals surface area contributed by atoms with Gasteiger partial charge in [-0.1, -0.05) is 0 Å². The summed E-state index contributed by atoms with van der Waals surface area (Å²) in [5.41, 5.74) is 6.00. The molecule has 1 atom stereocenters. The molecule has 0 bridgehead atoms. The van der Waals surface area contributed by atoms with Crippen molar-refractivity contribution in [3.63, 3.8) is 0 Å². The number of aromatic amines is 1. The van der Waals surface area contributed by atoms with Gasteiger partial charge >= 0.3 is 0 Å². The van der Waals surface area contributed by atoms with Gasteiger partial charge in [0.05, 0.1) is 6.20 Å². The molecule has 1 saturated heterocycles. The Morgan fingerprint density at radius 2 is 2.62 bits per heavy atom. The summed E-state index contributed by atoms with van der Waals surface area (Å²) < 4.78 is 0.175. The third-order valence-corrected chi connectivity index (χ3v) is 4.37. The van der Waals surface area contributed by atoms with Gasteiger partial charge in [0.15, 0.2) is 0 Å². The van der Waals surface area contributed by atoms with E-state index < -0.39 is 0 Å². The number of carbonyl (C=O) groups excluding carboxylic acids is 1. The number of aromatic nitrogens is 2. The van der Waals surface area contributed by atoms with E-state index in [1.807, 2.05) is 11.8 Å². The van der Waals surface area contributed by atoms with Gasteiger partial charge in [-0.3, -0.25) is 9.89 Å². The molecule has 2 heterocycles. The molecular weight excluding hydrogens is 224 g/mol. The summed E-state index contributed by atoms with van der Waals surface area (Å²) in [5.74, 6) is 1.35. The lowest BCUT2D eigenvalue weighted by molar-refractivity contribution is 0.0951. The van der Waals surface area contributed by atoms with Crippen LogP contribution in [-0.4, -0.2) is 33.1 Å². The van der Waals surface area contributed by atoms with Gasteiger partial charge in [0.25, 0.3) is 5.91 Å². The summed E-state index contributed by atoms with van der Waals surface area (Å²) in [6.07, 6.45) is 3.83. The normalized spacial score (nSPS) is 24.6. The van der Waals surface area contributed by atoms with Crippen molar-refractivity contribution in [1.29, 1.82) is 0 Å². The zero-order valence-corrected chi connectivity index (χ0v) is 10.1. The molecule has 1 amide bonds. The van der Waals surface area contributed by atoms with E-state index in [-0.39, 0.29) is 10.7 Å². The number of thioether (sulfide) groups is 1. The molecule has 6 heteroatoms. The number of nitrogens with two attached hydrogens (primary N) is 1. The number of nitrogen functional groups attached to an aromatic ring is 1. The van der Waals surface area contributed by atoms with E-state index >= 15 is 0 Å². The van der Waals surface area contributed by atoms with Crippen LogP contribution in [0.4, 0.5) is 5.82 Å². The smallest absolute Gasteiger partial charge is 0.256 e. The second-order valence-corrected chi connectivity index (χ2v) is 5.96. The van der Waals surface area contributed by atoms with E-state index in [9.17, 15) is 4.79 Å². The Labute approximate surface area is 98.6 Å². The minimum atomic E-state index is -0.153. The van der Waals surface area contributed by atoms with Crippen LogP contribution < -0.4 is 11.1 Å². The fourth-order valence-electron chi connectivity index (χ4n) is 1.82. The number of H-pyrrole nitrogens is 1. The molecule has 5 nitrogen and oxygen atoms in total. The Kier molecular flexibility index (Phi) is 3.09. The second-order valence-electron chi connectivity index (χ2n) is 4.28. The molecule has 1 aromatic rings. The molecule has 0 saturated carbocycles. The number of carbonyl (C=O) groups is 1. The molecule has 88 valence electrons. The summed E-state index contributed by atoms with van der Waals surface area (Å²) in [6, 6.07) is 0. The molecular formula is C10H16N4OS. The Bertz CT molecular complexity index is 384. The van der Waals surface area contributed by atoms with Crippen LogP contribution in [0, 0.1) is 0 Å². The summed E-state index contributed by atoms with van der Waals surface area (Å²) in [5, 5.41) is 9.18. The minimum absolute atomic E-state index is 0.153. The van der Waals surface area contributed by atoms with Gasteiger partial charge in [-0.25, -0.2) is 0 Å². The van der Waals surface area contributed by atoms with Crippen molar-refractivity contribution in [2.45, 2.75) is 24.5 Å². The van der Waals surface area contributed by atoms with Gasteiger partial charge in [0, 0.05) is 11.3 Å². The first-order chi connectivity index (χ1) is 7.61. The Morgan fingerprint density at radius 1 is 1.81 bits per heavy atom. The fourth-order valence-corrected chi connectivity index (χ4v) is 3.06. The van der Waals surface area contributed by atoms with Crippen molar-refractivity contribution >= 4 is 23.5 Å². The molecule has 0 radical (unpaired) electrons. The summed E-state index contributed by atoms with van der Waals surface area (Å²) in [4.78, 5) is 11.8. The monoisotopic (exact) mass is 240 g/mol. The highest BCUT2D eigenvalue weighted by molar-refractivity contribution is 8.00. The van der Waals surface area contributed by atoms with Gasteiger partial charge in [0.2, 0.25) is 0 Å². The molecule has 16 heavy (non-hydrogen) atoms. The van der Waals surface area contributed by atoms with E-state index in [0.29, 0.717) is 17.9 Å². The number of rotatable bonds is 3. The number of hydrogen-bond donors (Lipinski definition) is 3. The zero-order chi connectivity index (χ0) is 11.6. The maximum absolute atomic E-state index is 11.8. The van der Waals surface area contributed by atoms with Crippen LogP contribution in [0.5, 0.6) is 0 Å². The van der Waals surface area contributed by atoms with Crippen LogP contribution in [0.1, 0.15) is 30.1 Å². The molecule has 1 fully saturated rings. The Morgan fingerprint density at radius 3 is 3.19 bits per heavy atom. The van der Waals surface area contributed by atoms with E-state index in [1.54, 1.807) is 0 Å². The van der Waals surface area contributed by atoms with Crippen molar-refractivity contribution in [2.24, 2.45) is 0 Å². The maximum atomic E-state index is 11.8. The highest BCUT2D eigenvalue weighted by atomic mass is 32.2. The van der Waals surface area contributed by atoms with Crippen molar-refractivity contribution < 1.29 is 4.79 Å². The van der Waals surface area contributed by atoms with Crippen LogP contribution in [0.15, 0.2) is 6.20 Å². The van der Waals surface area contributed by atoms with Gasteiger partial charge in [-0.15, -0.1) is 0 Å². The van der Waals surface area contributed by atoms with Crippen molar-refractivity contribution in [2.75, 3.05) is 18.0 Å². The first-order valence-electron chi connectivity index (χ1n) is 5.32. The first-order valence-corrected chi connectivity index (χ1v) is 6.30. The number of nitrogens with zero attached hydrogens (tertiary/aromatic N) is 1. The van der Waals surface area contributed by atoms with E-state index in [0.717, 1.165) is 6.42 Å². The molecule has 1 aliphatic rings. The first kappa shape index (κ1) is 11.3. The average molecular weight is 240 g/mol. The van der Waals surface area contributed by atoms with E-state index in [4.69, 9.17) is 5.73 Å². The van der Waals surface area contributed by atoms with Gasteiger partial charge in [-0.2, -0.15) is 16.9 Å². The lowest BCUT2D eigenvalue weighted by Crippen LogP contribution is -2.36. The standard InChI is InChI=1S/C10H16N4OS/c1-10(3-2-4-16-10)6-12-9(15)7-5-13-14-8(7)11/h5H,2-4,6H2,1H3,(H,12,15)(H3,11,13,14). The molecule has 0 spiro atoms. The molecule has 1 aliphatic heterocycles. The van der Waals surface area contributed by atoms with Crippen molar-refractivity contribution in [3.8, 4) is 0 Å². The highest BCUT2D eigenvalue weighted by Crippen LogP contribution is 2.36. The molecule has 2 rings (SSSR count). The summed E-state index contributed by atoms with van der Waals surface area (Å²) in [6.45, 7) is 2.87. The maximum Gasteiger partial charge on any atom is 0.256 e. The van der Waals surface area contributed by atoms with Gasteiger partial charge in [0.1, 0.15) is 11.4 Å². The second kappa shape index (κ2) is 4.37. The number of amides is 1. The molecule has 1 unspecified atom stereocenters. The lowest BCUT2D eigenvalue weighted by Gasteiger charge is -2.22. The van der Waals surface area contributed by atoms with Crippen LogP contribution in [0.3, 0.4) is 0 Å². The number of hydrogen-bond acceptors (Lipinski definition) is 4. The summed E-state index contributed by atoms with van der Waals surface area (Å²) >= 11 is 1.92. The van der Waals surface area contributed by atoms with Crippen molar-refractivity contribution in [3.05, 3.63) is 11.8 Å². The SMILES string of the molecule is CC1(CNC(=O)c2cn[nH]c2N)CCCS1. The van der Waals surface area contributed by atoms with Crippen LogP contribution in [0.25, 0.3) is 0 Å². The summed E-state index contributed by atoms with van der Waals surface area (Å²) in [7, 11) is 0. The molecule has 4 N–H and O–H groups in total. The highest BCUT2D eigenvalue weighted by Gasteiger charge is 2.30. The fraction of sp³-hybridized carbons (Fsp3) is 0.600. The molecule has 0 aliphatic carbocycles. The zero-order valence-electron chi connectivity index (χ0n) is 9.25. The van der Waals surface area contributed by atoms with E-state index in [2.05, 4.69) is 22.4 Å².